The van der Waals surface area contributed by atoms with Crippen molar-refractivity contribution in [3.63, 3.8) is 0 Å². The lowest BCUT2D eigenvalue weighted by atomic mass is 10.1. The number of nitrogens with zero attached hydrogens (tertiary/aromatic N) is 1. The van der Waals surface area contributed by atoms with Crippen LogP contribution in [0.4, 0.5) is 11.4 Å². The summed E-state index contributed by atoms with van der Waals surface area (Å²) in [6, 6.07) is 10.8. The number of benzene rings is 2. The third-order valence-corrected chi connectivity index (χ3v) is 7.24. The summed E-state index contributed by atoms with van der Waals surface area (Å²) in [5.74, 6) is 0.423. The lowest BCUT2D eigenvalue weighted by Crippen LogP contribution is -2.35. The monoisotopic (exact) mass is 433 g/mol. The van der Waals surface area contributed by atoms with Crippen molar-refractivity contribution in [2.45, 2.75) is 38.0 Å². The lowest BCUT2D eigenvalue weighted by Gasteiger charge is -2.26. The highest BCUT2D eigenvalue weighted by Crippen LogP contribution is 2.30. The highest BCUT2D eigenvalue weighted by atomic mass is 32.2. The van der Waals surface area contributed by atoms with Gasteiger partial charge in [-0.05, 0) is 74.3 Å². The molecule has 8 heteroatoms. The Hall–Kier alpha value is -2.16. The SMILES string of the molecule is COc1cc(S(=O)(=O)N2CCCCC2)ccc1NC(=S)Nc1ccc(C)c(C)c1. The maximum absolute atomic E-state index is 12.9. The van der Waals surface area contributed by atoms with E-state index in [2.05, 4.69) is 17.6 Å². The summed E-state index contributed by atoms with van der Waals surface area (Å²) in [6.45, 7) is 5.23. The van der Waals surface area contributed by atoms with Gasteiger partial charge >= 0.3 is 0 Å². The van der Waals surface area contributed by atoms with Crippen molar-refractivity contribution in [3.8, 4) is 5.75 Å². The van der Waals surface area contributed by atoms with Gasteiger partial charge in [0.05, 0.1) is 17.7 Å². The van der Waals surface area contributed by atoms with Crippen LogP contribution in [-0.2, 0) is 10.0 Å². The van der Waals surface area contributed by atoms with Crippen molar-refractivity contribution in [1.82, 2.24) is 4.31 Å². The molecule has 2 aromatic carbocycles. The summed E-state index contributed by atoms with van der Waals surface area (Å²) in [4.78, 5) is 0.231. The fourth-order valence-electron chi connectivity index (χ4n) is 3.29. The molecule has 0 bridgehead atoms. The predicted octanol–water partition coefficient (Wildman–Crippen LogP) is 4.30. The second kappa shape index (κ2) is 9.11. The summed E-state index contributed by atoms with van der Waals surface area (Å²) >= 11 is 5.41. The molecular weight excluding hydrogens is 406 g/mol. The minimum Gasteiger partial charge on any atom is -0.495 e. The predicted molar refractivity (Wildman–Crippen MR) is 121 cm³/mol. The number of hydrogen-bond donors (Lipinski definition) is 2. The van der Waals surface area contributed by atoms with E-state index in [1.807, 2.05) is 25.1 Å². The Bertz CT molecular complexity index is 1000. The maximum Gasteiger partial charge on any atom is 0.243 e. The summed E-state index contributed by atoms with van der Waals surface area (Å²) in [6.07, 6.45) is 2.87. The number of nitrogens with one attached hydrogen (secondary N) is 2. The molecule has 0 amide bonds. The van der Waals surface area contributed by atoms with E-state index in [4.69, 9.17) is 17.0 Å². The van der Waals surface area contributed by atoms with E-state index < -0.39 is 10.0 Å². The van der Waals surface area contributed by atoms with Crippen molar-refractivity contribution < 1.29 is 13.2 Å². The van der Waals surface area contributed by atoms with E-state index in [1.165, 1.54) is 18.2 Å². The molecule has 2 aromatic rings. The third-order valence-electron chi connectivity index (χ3n) is 5.14. The number of piperidine rings is 1. The van der Waals surface area contributed by atoms with Crippen molar-refractivity contribution in [3.05, 3.63) is 47.5 Å². The molecule has 1 aliphatic heterocycles. The second-order valence-corrected chi connectivity index (χ2v) is 9.55. The quantitative estimate of drug-likeness (QED) is 0.686. The topological polar surface area (TPSA) is 70.7 Å². The Kier molecular flexibility index (Phi) is 6.77. The molecule has 0 atom stereocenters. The van der Waals surface area contributed by atoms with Gasteiger partial charge in [-0.2, -0.15) is 4.31 Å². The van der Waals surface area contributed by atoms with E-state index in [1.54, 1.807) is 22.5 Å². The number of ether oxygens (including phenoxy) is 1. The maximum atomic E-state index is 12.9. The second-order valence-electron chi connectivity index (χ2n) is 7.20. The van der Waals surface area contributed by atoms with Crippen LogP contribution in [0.15, 0.2) is 41.3 Å². The number of rotatable bonds is 5. The van der Waals surface area contributed by atoms with Gasteiger partial charge in [0.25, 0.3) is 0 Å². The van der Waals surface area contributed by atoms with Crippen LogP contribution in [0.5, 0.6) is 5.75 Å². The number of hydrogen-bond acceptors (Lipinski definition) is 4. The van der Waals surface area contributed by atoms with Gasteiger partial charge in [-0.25, -0.2) is 8.42 Å². The zero-order valence-electron chi connectivity index (χ0n) is 17.0. The summed E-state index contributed by atoms with van der Waals surface area (Å²) in [5, 5.41) is 6.63. The summed E-state index contributed by atoms with van der Waals surface area (Å²) < 4.78 is 32.8. The largest absolute Gasteiger partial charge is 0.495 e. The number of aryl methyl sites for hydroxylation is 2. The molecule has 1 heterocycles. The van der Waals surface area contributed by atoms with E-state index in [0.29, 0.717) is 29.6 Å². The molecular formula is C21H27N3O3S2. The normalized spacial score (nSPS) is 15.0. The van der Waals surface area contributed by atoms with Crippen LogP contribution in [0.25, 0.3) is 0 Å². The van der Waals surface area contributed by atoms with Gasteiger partial charge in [0.15, 0.2) is 5.11 Å². The van der Waals surface area contributed by atoms with Crippen LogP contribution in [0.3, 0.4) is 0 Å². The third kappa shape index (κ3) is 5.07. The Morgan fingerprint density at radius 2 is 1.72 bits per heavy atom. The Balaban J connectivity index is 1.76. The first-order valence-electron chi connectivity index (χ1n) is 9.65. The van der Waals surface area contributed by atoms with Crippen LogP contribution in [0.1, 0.15) is 30.4 Å². The molecule has 3 rings (SSSR count). The molecule has 1 fully saturated rings. The highest BCUT2D eigenvalue weighted by molar-refractivity contribution is 7.89. The lowest BCUT2D eigenvalue weighted by molar-refractivity contribution is 0.346. The smallest absolute Gasteiger partial charge is 0.243 e. The van der Waals surface area contributed by atoms with E-state index in [9.17, 15) is 8.42 Å². The molecule has 29 heavy (non-hydrogen) atoms. The van der Waals surface area contributed by atoms with E-state index in [0.717, 1.165) is 24.9 Å². The van der Waals surface area contributed by atoms with Gasteiger partial charge < -0.3 is 15.4 Å². The minimum atomic E-state index is -3.52. The molecule has 0 aliphatic carbocycles. The fourth-order valence-corrected chi connectivity index (χ4v) is 5.05. The van der Waals surface area contributed by atoms with Crippen LogP contribution in [-0.4, -0.2) is 38.0 Å². The van der Waals surface area contributed by atoms with Gasteiger partial charge in [-0.1, -0.05) is 12.5 Å². The van der Waals surface area contributed by atoms with Crippen LogP contribution >= 0.6 is 12.2 Å². The van der Waals surface area contributed by atoms with Crippen molar-refractivity contribution >= 4 is 38.7 Å². The molecule has 0 spiro atoms. The Labute approximate surface area is 178 Å². The molecule has 0 unspecified atom stereocenters. The standard InChI is InChI=1S/C21H27N3O3S2/c1-15-7-8-17(13-16(15)2)22-21(28)23-19-10-9-18(14-20(19)27-3)29(25,26)24-11-5-4-6-12-24/h7-10,13-14H,4-6,11-12H2,1-3H3,(H2,22,23,28). The molecule has 6 nitrogen and oxygen atoms in total. The minimum absolute atomic E-state index is 0.231. The van der Waals surface area contributed by atoms with Gasteiger partial charge in [-0.3, -0.25) is 0 Å². The van der Waals surface area contributed by atoms with Gasteiger partial charge in [-0.15, -0.1) is 0 Å². The Morgan fingerprint density at radius 1 is 1.00 bits per heavy atom. The molecule has 2 N–H and O–H groups in total. The van der Waals surface area contributed by atoms with E-state index in [-0.39, 0.29) is 4.90 Å². The zero-order chi connectivity index (χ0) is 21.0. The first-order chi connectivity index (χ1) is 13.8. The van der Waals surface area contributed by atoms with Crippen LogP contribution < -0.4 is 15.4 Å². The average molecular weight is 434 g/mol. The number of methoxy groups -OCH3 is 1. The number of sulfonamides is 1. The summed E-state index contributed by atoms with van der Waals surface area (Å²) in [7, 11) is -2.01. The number of thiocarbonyl (C=S) groups is 1. The molecule has 0 radical (unpaired) electrons. The van der Waals surface area contributed by atoms with Crippen molar-refractivity contribution in [2.75, 3.05) is 30.8 Å². The van der Waals surface area contributed by atoms with Gasteiger partial charge in [0.2, 0.25) is 10.0 Å². The number of anilines is 2. The van der Waals surface area contributed by atoms with Crippen LogP contribution in [0.2, 0.25) is 0 Å². The molecule has 0 aromatic heterocycles. The fraction of sp³-hybridized carbons (Fsp3) is 0.381. The molecule has 0 saturated carbocycles. The summed E-state index contributed by atoms with van der Waals surface area (Å²) in [5.41, 5.74) is 3.87. The molecule has 1 saturated heterocycles. The van der Waals surface area contributed by atoms with Gasteiger partial charge in [0, 0.05) is 24.8 Å². The van der Waals surface area contributed by atoms with Crippen molar-refractivity contribution in [1.29, 1.82) is 0 Å². The van der Waals surface area contributed by atoms with Gasteiger partial charge in [0.1, 0.15) is 5.75 Å². The first-order valence-corrected chi connectivity index (χ1v) is 11.5. The van der Waals surface area contributed by atoms with E-state index >= 15 is 0 Å². The zero-order valence-corrected chi connectivity index (χ0v) is 18.6. The highest BCUT2D eigenvalue weighted by Gasteiger charge is 2.26. The molecule has 156 valence electrons. The first kappa shape index (κ1) is 21.5. The molecule has 1 aliphatic rings. The Morgan fingerprint density at radius 3 is 2.38 bits per heavy atom. The van der Waals surface area contributed by atoms with Crippen molar-refractivity contribution in [2.24, 2.45) is 0 Å². The average Bonchev–Trinajstić information content (AvgIpc) is 2.71. The van der Waals surface area contributed by atoms with Crippen LogP contribution in [0, 0.1) is 13.8 Å².